The van der Waals surface area contributed by atoms with Gasteiger partial charge in [-0.25, -0.2) is 4.99 Å². The van der Waals surface area contributed by atoms with E-state index in [1.165, 1.54) is 45.1 Å². The molecule has 4 aromatic rings. The van der Waals surface area contributed by atoms with Crippen LogP contribution < -0.4 is 10.6 Å². The van der Waals surface area contributed by atoms with Crippen LogP contribution in [0.15, 0.2) is 89.9 Å². The fraction of sp³-hybridized carbons (Fsp3) is 0.343. The molecule has 0 aliphatic carbocycles. The third-order valence-corrected chi connectivity index (χ3v) is 7.98. The highest BCUT2D eigenvalue weighted by molar-refractivity contribution is 6.05. The van der Waals surface area contributed by atoms with Gasteiger partial charge in [-0.2, -0.15) is 0 Å². The zero-order valence-electron chi connectivity index (χ0n) is 23.9. The Morgan fingerprint density at radius 1 is 0.923 bits per heavy atom. The van der Waals surface area contributed by atoms with Gasteiger partial charge in [0.1, 0.15) is 12.0 Å². The quantitative estimate of drug-likeness (QED) is 0.226. The normalized spacial score (nSPS) is 15.5. The number of aliphatic imine (C=N–C) groups is 1. The monoisotopic (exact) mass is 518 g/mol. The second-order valence-corrected chi connectivity index (χ2v) is 10.8. The van der Waals surface area contributed by atoms with Crippen LogP contribution in [0.5, 0.6) is 0 Å². The first-order valence-electron chi connectivity index (χ1n) is 14.5. The fourth-order valence-electron chi connectivity index (χ4n) is 5.70. The first-order valence-corrected chi connectivity index (χ1v) is 14.5. The van der Waals surface area contributed by atoms with Gasteiger partial charge in [0.2, 0.25) is 0 Å². The van der Waals surface area contributed by atoms with Crippen LogP contribution in [0.2, 0.25) is 0 Å². The second-order valence-electron chi connectivity index (χ2n) is 10.8. The van der Waals surface area contributed by atoms with E-state index in [-0.39, 0.29) is 6.17 Å². The lowest BCUT2D eigenvalue weighted by Gasteiger charge is -2.30. The van der Waals surface area contributed by atoms with Crippen molar-refractivity contribution in [3.8, 4) is 0 Å². The highest BCUT2D eigenvalue weighted by Crippen LogP contribution is 2.34. The van der Waals surface area contributed by atoms with Gasteiger partial charge < -0.3 is 15.5 Å². The molecule has 0 saturated heterocycles. The van der Waals surface area contributed by atoms with Crippen molar-refractivity contribution in [2.24, 2.45) is 4.99 Å². The van der Waals surface area contributed by atoms with Gasteiger partial charge in [0.05, 0.1) is 0 Å². The number of nitrogens with one attached hydrogen (secondary N) is 2. The number of para-hydroxylation sites is 1. The first kappa shape index (κ1) is 27.0. The van der Waals surface area contributed by atoms with Gasteiger partial charge in [-0.15, -0.1) is 0 Å². The van der Waals surface area contributed by atoms with E-state index in [9.17, 15) is 0 Å². The van der Waals surface area contributed by atoms with E-state index in [0.717, 1.165) is 43.9 Å². The van der Waals surface area contributed by atoms with Gasteiger partial charge in [-0.3, -0.25) is 0 Å². The Hall–Kier alpha value is -3.63. The third-order valence-electron chi connectivity index (χ3n) is 7.98. The molecule has 4 nitrogen and oxygen atoms in total. The molecule has 4 heteroatoms. The van der Waals surface area contributed by atoms with Gasteiger partial charge in [-0.1, -0.05) is 86.6 Å². The van der Waals surface area contributed by atoms with E-state index in [0.29, 0.717) is 6.04 Å². The predicted octanol–water partition coefficient (Wildman–Crippen LogP) is 7.71. The zero-order valence-corrected chi connectivity index (χ0v) is 23.9. The van der Waals surface area contributed by atoms with Crippen molar-refractivity contribution in [3.05, 3.63) is 113 Å². The van der Waals surface area contributed by atoms with E-state index >= 15 is 0 Å². The lowest BCUT2D eigenvalue weighted by atomic mass is 9.94. The Kier molecular flexibility index (Phi) is 8.63. The number of fused-ring (bicyclic) bond motifs is 2. The minimum atomic E-state index is -0.150. The van der Waals surface area contributed by atoms with Gasteiger partial charge in [-0.05, 0) is 97.9 Å². The standard InChI is InChI=1S/C35H42N4/c1-5-39(6-2)21-13-15-26(4)36-35-32-20-12-14-25(3)33(32)37-34(38-35)30-23-28-18-10-11-19-31(28)29(24-30)22-27-16-8-7-9-17-27/h7-12,14,16-20,23-24,26,34,37H,5-6,13,15,21-22H2,1-4H3,(H,36,38). The van der Waals surface area contributed by atoms with Crippen molar-refractivity contribution < 1.29 is 0 Å². The summed E-state index contributed by atoms with van der Waals surface area (Å²) in [4.78, 5) is 7.79. The predicted molar refractivity (Wildman–Crippen MR) is 167 cm³/mol. The van der Waals surface area contributed by atoms with Crippen molar-refractivity contribution in [3.63, 3.8) is 0 Å². The highest BCUT2D eigenvalue weighted by atomic mass is 15.2. The van der Waals surface area contributed by atoms with Crippen molar-refractivity contribution in [2.75, 3.05) is 25.0 Å². The second kappa shape index (κ2) is 12.5. The summed E-state index contributed by atoms with van der Waals surface area (Å²) in [6.07, 6.45) is 3.05. The van der Waals surface area contributed by atoms with Crippen LogP contribution in [0.25, 0.3) is 10.8 Å². The molecule has 0 amide bonds. The maximum atomic E-state index is 5.29. The van der Waals surface area contributed by atoms with Gasteiger partial charge in [0, 0.05) is 17.3 Å². The van der Waals surface area contributed by atoms with Crippen LogP contribution >= 0.6 is 0 Å². The molecule has 1 aliphatic heterocycles. The molecule has 0 bridgehead atoms. The number of rotatable bonds is 10. The number of nitrogens with zero attached hydrogens (tertiary/aromatic N) is 2. The van der Waals surface area contributed by atoms with Gasteiger partial charge >= 0.3 is 0 Å². The molecule has 0 saturated carbocycles. The number of hydrogen-bond donors (Lipinski definition) is 2. The molecule has 0 fully saturated rings. The zero-order chi connectivity index (χ0) is 27.2. The largest absolute Gasteiger partial charge is 0.367 e. The summed E-state index contributed by atoms with van der Waals surface area (Å²) in [5, 5.41) is 10.1. The Bertz CT molecular complexity index is 1420. The number of benzene rings is 4. The Morgan fingerprint density at radius 2 is 1.69 bits per heavy atom. The number of hydrogen-bond acceptors (Lipinski definition) is 4. The van der Waals surface area contributed by atoms with Crippen molar-refractivity contribution in [2.45, 2.75) is 59.2 Å². The van der Waals surface area contributed by atoms with Crippen LogP contribution in [0.4, 0.5) is 5.69 Å². The summed E-state index contributed by atoms with van der Waals surface area (Å²) in [6, 6.07) is 31.0. The average Bonchev–Trinajstić information content (AvgIpc) is 2.96. The molecule has 0 radical (unpaired) electrons. The van der Waals surface area contributed by atoms with E-state index < -0.39 is 0 Å². The molecule has 0 aromatic heterocycles. The smallest absolute Gasteiger partial charge is 0.147 e. The molecule has 4 aromatic carbocycles. The van der Waals surface area contributed by atoms with E-state index in [1.54, 1.807) is 0 Å². The summed E-state index contributed by atoms with van der Waals surface area (Å²) in [7, 11) is 0. The molecular weight excluding hydrogens is 476 g/mol. The number of amidine groups is 1. The van der Waals surface area contributed by atoms with E-state index in [4.69, 9.17) is 4.99 Å². The maximum Gasteiger partial charge on any atom is 0.147 e. The Balaban J connectivity index is 1.46. The van der Waals surface area contributed by atoms with Crippen LogP contribution in [0, 0.1) is 6.92 Å². The molecule has 0 spiro atoms. The van der Waals surface area contributed by atoms with Crippen LogP contribution in [-0.4, -0.2) is 36.4 Å². The van der Waals surface area contributed by atoms with Gasteiger partial charge in [0.25, 0.3) is 0 Å². The molecule has 5 rings (SSSR count). The SMILES string of the molecule is CCN(CC)CCCC(C)NC1=NC(c2cc(Cc3ccccc3)c3ccccc3c2)Nc2c(C)cccc21. The molecule has 1 aliphatic rings. The van der Waals surface area contributed by atoms with Crippen molar-refractivity contribution in [1.82, 2.24) is 10.2 Å². The van der Waals surface area contributed by atoms with Gasteiger partial charge in [0.15, 0.2) is 0 Å². The van der Waals surface area contributed by atoms with Crippen molar-refractivity contribution >= 4 is 22.3 Å². The Morgan fingerprint density at radius 3 is 2.49 bits per heavy atom. The molecule has 2 unspecified atom stereocenters. The number of anilines is 1. The van der Waals surface area contributed by atoms with E-state index in [2.05, 4.69) is 128 Å². The van der Waals surface area contributed by atoms with E-state index in [1.807, 2.05) is 0 Å². The summed E-state index contributed by atoms with van der Waals surface area (Å²) in [5.74, 6) is 0.991. The first-order chi connectivity index (χ1) is 19.1. The molecular formula is C35H42N4. The maximum absolute atomic E-state index is 5.29. The lowest BCUT2D eigenvalue weighted by molar-refractivity contribution is 0.292. The van der Waals surface area contributed by atoms with Crippen LogP contribution in [0.1, 0.15) is 67.6 Å². The molecule has 2 atom stereocenters. The molecule has 39 heavy (non-hydrogen) atoms. The minimum Gasteiger partial charge on any atom is -0.367 e. The summed E-state index contributed by atoms with van der Waals surface area (Å²) in [6.45, 7) is 12.3. The van der Waals surface area contributed by atoms with Crippen LogP contribution in [-0.2, 0) is 6.42 Å². The topological polar surface area (TPSA) is 39.7 Å². The third kappa shape index (κ3) is 6.34. The molecule has 1 heterocycles. The summed E-state index contributed by atoms with van der Waals surface area (Å²) < 4.78 is 0. The number of aryl methyl sites for hydroxylation is 1. The average molecular weight is 519 g/mol. The minimum absolute atomic E-state index is 0.150. The molecule has 202 valence electrons. The Labute approximate surface area is 234 Å². The fourth-order valence-corrected chi connectivity index (χ4v) is 5.70. The van der Waals surface area contributed by atoms with Crippen molar-refractivity contribution in [1.29, 1.82) is 0 Å². The van der Waals surface area contributed by atoms with Crippen LogP contribution in [0.3, 0.4) is 0 Å². The highest BCUT2D eigenvalue weighted by Gasteiger charge is 2.24. The molecule has 2 N–H and O–H groups in total. The summed E-state index contributed by atoms with van der Waals surface area (Å²) in [5.41, 5.74) is 7.43. The summed E-state index contributed by atoms with van der Waals surface area (Å²) >= 11 is 0. The lowest BCUT2D eigenvalue weighted by Crippen LogP contribution is -2.37.